The fourth-order valence-electron chi connectivity index (χ4n) is 2.20. The Balaban J connectivity index is 2.28. The molecule has 2 aromatic carbocycles. The summed E-state index contributed by atoms with van der Waals surface area (Å²) in [5, 5.41) is 19.3. The van der Waals surface area contributed by atoms with Gasteiger partial charge in [-0.15, -0.1) is 0 Å². The van der Waals surface area contributed by atoms with E-state index in [4.69, 9.17) is 9.79 Å². The van der Waals surface area contributed by atoms with Crippen molar-refractivity contribution in [1.82, 2.24) is 0 Å². The second-order valence-electron chi connectivity index (χ2n) is 5.03. The van der Waals surface area contributed by atoms with Crippen LogP contribution in [-0.4, -0.2) is 20.0 Å². The summed E-state index contributed by atoms with van der Waals surface area (Å²) in [4.78, 5) is 18.6. The molecule has 5 nitrogen and oxygen atoms in total. The molecule has 0 aliphatic rings. The lowest BCUT2D eigenvalue weighted by Gasteiger charge is -2.16. The molecular weight excluding hydrogens is 323 g/mol. The fraction of sp³-hybridized carbons (Fsp3) is 0.200. The van der Waals surface area contributed by atoms with E-state index in [1.165, 1.54) is 6.07 Å². The summed E-state index contributed by atoms with van der Waals surface area (Å²) in [7, 11) is 0. The minimum absolute atomic E-state index is 0.0177. The molecule has 1 atom stereocenters. The van der Waals surface area contributed by atoms with Crippen LogP contribution in [-0.2, 0) is 11.0 Å². The Bertz CT molecular complexity index is 696. The zero-order valence-corrected chi connectivity index (χ0v) is 13.6. The van der Waals surface area contributed by atoms with Gasteiger partial charge in [-0.2, -0.15) is 0 Å². The number of aromatic hydroxyl groups is 2. The summed E-state index contributed by atoms with van der Waals surface area (Å²) in [6.07, 6.45) is 0.430. The van der Waals surface area contributed by atoms with Crippen molar-refractivity contribution in [2.45, 2.75) is 24.2 Å². The molecule has 0 bridgehead atoms. The second kappa shape index (κ2) is 6.75. The van der Waals surface area contributed by atoms with Gasteiger partial charge in [0.15, 0.2) is 0 Å². The number of rotatable bonds is 5. The van der Waals surface area contributed by atoms with Crippen molar-refractivity contribution in [3.8, 4) is 11.5 Å². The smallest absolute Gasteiger partial charge is 0.388 e. The molecule has 2 rings (SSSR count). The van der Waals surface area contributed by atoms with Gasteiger partial charge < -0.3 is 20.0 Å². The fourth-order valence-corrected chi connectivity index (χ4v) is 4.18. The Morgan fingerprint density at radius 1 is 1.09 bits per heavy atom. The quantitative estimate of drug-likeness (QED) is 0.621. The van der Waals surface area contributed by atoms with Gasteiger partial charge in [0.25, 0.3) is 0 Å². The predicted molar refractivity (Wildman–Crippen MR) is 86.2 cm³/mol. The van der Waals surface area contributed by atoms with E-state index in [0.717, 1.165) is 5.56 Å². The topological polar surface area (TPSA) is 98.0 Å². The van der Waals surface area contributed by atoms with Crippen LogP contribution >= 0.6 is 18.2 Å². The van der Waals surface area contributed by atoms with E-state index in [1.807, 2.05) is 6.92 Å². The summed E-state index contributed by atoms with van der Waals surface area (Å²) < 4.78 is 11.2. The average Bonchev–Trinajstić information content (AvgIpc) is 2.41. The first-order valence-corrected chi connectivity index (χ1v) is 9.64. The molecule has 118 valence electrons. The van der Waals surface area contributed by atoms with Gasteiger partial charge in [-0.25, -0.2) is 4.57 Å². The van der Waals surface area contributed by atoms with Gasteiger partial charge in [-0.1, -0.05) is 25.1 Å². The van der Waals surface area contributed by atoms with Crippen molar-refractivity contribution in [2.24, 2.45) is 0 Å². The molecule has 0 amide bonds. The molecule has 0 aliphatic heterocycles. The SMILES string of the molecule is CC(Cc1c(O)cccc1SP(=O)(O)O)c1ccc(O)cc1. The van der Waals surface area contributed by atoms with Crippen molar-refractivity contribution in [2.75, 3.05) is 0 Å². The number of hydrogen-bond acceptors (Lipinski definition) is 4. The molecule has 0 aliphatic carbocycles. The Kier molecular flexibility index (Phi) is 5.19. The largest absolute Gasteiger partial charge is 0.508 e. The van der Waals surface area contributed by atoms with Crippen LogP contribution in [0.25, 0.3) is 0 Å². The van der Waals surface area contributed by atoms with Crippen molar-refractivity contribution >= 4 is 18.2 Å². The molecule has 0 fully saturated rings. The lowest BCUT2D eigenvalue weighted by Crippen LogP contribution is -2.00. The van der Waals surface area contributed by atoms with Crippen LogP contribution in [0, 0.1) is 0 Å². The van der Waals surface area contributed by atoms with Gasteiger partial charge in [0.05, 0.1) is 0 Å². The van der Waals surface area contributed by atoms with E-state index in [0.29, 0.717) is 28.3 Å². The van der Waals surface area contributed by atoms with E-state index in [-0.39, 0.29) is 17.4 Å². The Labute approximate surface area is 132 Å². The molecular formula is C15H17O5PS. The van der Waals surface area contributed by atoms with Gasteiger partial charge in [0, 0.05) is 10.5 Å². The van der Waals surface area contributed by atoms with Crippen LogP contribution in [0.2, 0.25) is 0 Å². The maximum atomic E-state index is 11.2. The molecule has 22 heavy (non-hydrogen) atoms. The molecule has 1 unspecified atom stereocenters. The van der Waals surface area contributed by atoms with E-state index < -0.39 is 6.80 Å². The minimum atomic E-state index is -4.28. The van der Waals surface area contributed by atoms with Gasteiger partial charge in [-0.3, -0.25) is 0 Å². The van der Waals surface area contributed by atoms with Gasteiger partial charge in [0.2, 0.25) is 0 Å². The van der Waals surface area contributed by atoms with Crippen molar-refractivity contribution in [1.29, 1.82) is 0 Å². The highest BCUT2D eigenvalue weighted by molar-refractivity contribution is 8.54. The lowest BCUT2D eigenvalue weighted by molar-refractivity contribution is 0.397. The predicted octanol–water partition coefficient (Wildman–Crippen LogP) is 3.63. The first kappa shape index (κ1) is 16.9. The Morgan fingerprint density at radius 2 is 1.73 bits per heavy atom. The summed E-state index contributed by atoms with van der Waals surface area (Å²) in [5.41, 5.74) is 1.48. The molecule has 0 saturated heterocycles. The standard InChI is InChI=1S/C15H17O5PS/c1-10(11-5-7-12(16)8-6-11)9-13-14(17)3-2-4-15(13)22-21(18,19)20/h2-8,10,16-17H,9H2,1H3,(H2,18,19,20). The number of benzene rings is 2. The monoisotopic (exact) mass is 340 g/mol. The molecule has 7 heteroatoms. The highest BCUT2D eigenvalue weighted by Crippen LogP contribution is 2.56. The normalized spacial score (nSPS) is 13.0. The van der Waals surface area contributed by atoms with Crippen molar-refractivity contribution in [3.05, 3.63) is 53.6 Å². The maximum Gasteiger partial charge on any atom is 0.388 e. The van der Waals surface area contributed by atoms with Crippen molar-refractivity contribution < 1.29 is 24.6 Å². The number of hydrogen-bond donors (Lipinski definition) is 4. The van der Waals surface area contributed by atoms with Crippen LogP contribution in [0.4, 0.5) is 0 Å². The van der Waals surface area contributed by atoms with Crippen LogP contribution in [0.15, 0.2) is 47.4 Å². The highest BCUT2D eigenvalue weighted by atomic mass is 32.7. The third kappa shape index (κ3) is 4.52. The molecule has 4 N–H and O–H groups in total. The van der Waals surface area contributed by atoms with Crippen LogP contribution < -0.4 is 0 Å². The first-order chi connectivity index (χ1) is 10.3. The molecule has 2 aromatic rings. The maximum absolute atomic E-state index is 11.2. The molecule has 0 radical (unpaired) electrons. The summed E-state index contributed by atoms with van der Waals surface area (Å²) >= 11 is 0.448. The van der Waals surface area contributed by atoms with E-state index in [1.54, 1.807) is 36.4 Å². The lowest BCUT2D eigenvalue weighted by atomic mass is 9.93. The van der Waals surface area contributed by atoms with Gasteiger partial charge >= 0.3 is 6.80 Å². The number of phenolic OH excluding ortho intramolecular Hbond substituents is 2. The third-order valence-electron chi connectivity index (χ3n) is 3.30. The third-order valence-corrected chi connectivity index (χ3v) is 5.42. The van der Waals surface area contributed by atoms with Crippen LogP contribution in [0.5, 0.6) is 11.5 Å². The second-order valence-corrected chi connectivity index (χ2v) is 8.61. The molecule has 0 spiro atoms. The van der Waals surface area contributed by atoms with Crippen molar-refractivity contribution in [3.63, 3.8) is 0 Å². The van der Waals surface area contributed by atoms with Gasteiger partial charge in [0.1, 0.15) is 11.5 Å². The van der Waals surface area contributed by atoms with E-state index >= 15 is 0 Å². The summed E-state index contributed by atoms with van der Waals surface area (Å²) in [6, 6.07) is 11.4. The molecule has 0 aromatic heterocycles. The summed E-state index contributed by atoms with van der Waals surface area (Å²) in [5.74, 6) is 0.213. The summed E-state index contributed by atoms with van der Waals surface area (Å²) in [6.45, 7) is -2.33. The van der Waals surface area contributed by atoms with Gasteiger partial charge in [-0.05, 0) is 53.5 Å². The van der Waals surface area contributed by atoms with Crippen LogP contribution in [0.3, 0.4) is 0 Å². The van der Waals surface area contributed by atoms with E-state index in [2.05, 4.69) is 0 Å². The minimum Gasteiger partial charge on any atom is -0.508 e. The Hall–Kier alpha value is -1.46. The first-order valence-electron chi connectivity index (χ1n) is 6.61. The zero-order valence-electron chi connectivity index (χ0n) is 11.9. The zero-order chi connectivity index (χ0) is 16.3. The molecule has 0 heterocycles. The Morgan fingerprint density at radius 3 is 2.32 bits per heavy atom. The highest BCUT2D eigenvalue weighted by Gasteiger charge is 2.21. The number of phenols is 2. The average molecular weight is 340 g/mol. The van der Waals surface area contributed by atoms with Crippen LogP contribution in [0.1, 0.15) is 24.0 Å². The molecule has 0 saturated carbocycles. The van der Waals surface area contributed by atoms with E-state index in [9.17, 15) is 14.8 Å².